The highest BCUT2D eigenvalue weighted by molar-refractivity contribution is 5.91. The Morgan fingerprint density at radius 3 is 2.88 bits per heavy atom. The molecule has 5 nitrogen and oxygen atoms in total. The summed E-state index contributed by atoms with van der Waals surface area (Å²) in [5.41, 5.74) is 1.07. The van der Waals surface area contributed by atoms with Gasteiger partial charge in [-0.3, -0.25) is 9.69 Å². The third kappa shape index (κ3) is 5.42. The van der Waals surface area contributed by atoms with Crippen molar-refractivity contribution >= 4 is 11.7 Å². The number of carbonyl (C=O) groups is 1. The fraction of sp³-hybridized carbons (Fsp3) is 0.500. The van der Waals surface area contributed by atoms with Gasteiger partial charge in [0.15, 0.2) is 0 Å². The number of pyridine rings is 1. The van der Waals surface area contributed by atoms with E-state index in [0.29, 0.717) is 19.0 Å². The molecule has 1 aromatic heterocycles. The number of methoxy groups -OCH3 is 1. The minimum atomic E-state index is -0.0695. The first-order valence-corrected chi connectivity index (χ1v) is 5.52. The van der Waals surface area contributed by atoms with Gasteiger partial charge in [0.05, 0.1) is 13.2 Å². The molecule has 5 heteroatoms. The van der Waals surface area contributed by atoms with E-state index < -0.39 is 0 Å². The number of nitrogens with zero attached hydrogens (tertiary/aromatic N) is 2. The van der Waals surface area contributed by atoms with Crippen LogP contribution in [0.5, 0.6) is 0 Å². The van der Waals surface area contributed by atoms with Crippen LogP contribution in [-0.2, 0) is 9.53 Å². The normalized spacial score (nSPS) is 10.6. The van der Waals surface area contributed by atoms with Gasteiger partial charge in [-0.05, 0) is 25.6 Å². The zero-order valence-corrected chi connectivity index (χ0v) is 10.6. The number of anilines is 1. The second kappa shape index (κ2) is 6.98. The molecular formula is C12H19N3O2. The van der Waals surface area contributed by atoms with E-state index >= 15 is 0 Å². The summed E-state index contributed by atoms with van der Waals surface area (Å²) in [5.74, 6) is 0.515. The van der Waals surface area contributed by atoms with Crippen LogP contribution < -0.4 is 5.32 Å². The first kappa shape index (κ1) is 13.6. The molecule has 0 saturated carbocycles. The van der Waals surface area contributed by atoms with Gasteiger partial charge in [0.1, 0.15) is 5.82 Å². The van der Waals surface area contributed by atoms with E-state index in [1.807, 2.05) is 24.9 Å². The van der Waals surface area contributed by atoms with Gasteiger partial charge in [0.2, 0.25) is 5.91 Å². The molecule has 94 valence electrons. The van der Waals surface area contributed by atoms with Gasteiger partial charge < -0.3 is 10.1 Å². The quantitative estimate of drug-likeness (QED) is 0.799. The number of carbonyl (C=O) groups excluding carboxylic acids is 1. The molecule has 0 unspecified atom stereocenters. The number of ether oxygens (including phenoxy) is 1. The second-order valence-corrected chi connectivity index (χ2v) is 4.00. The summed E-state index contributed by atoms with van der Waals surface area (Å²) < 4.78 is 4.94. The predicted octanol–water partition coefficient (Wildman–Crippen LogP) is 0.907. The minimum absolute atomic E-state index is 0.0695. The molecule has 0 spiro atoms. The monoisotopic (exact) mass is 237 g/mol. The van der Waals surface area contributed by atoms with Gasteiger partial charge in [0, 0.05) is 19.9 Å². The summed E-state index contributed by atoms with van der Waals surface area (Å²) in [4.78, 5) is 17.6. The van der Waals surface area contributed by atoms with Gasteiger partial charge >= 0.3 is 0 Å². The number of nitrogens with one attached hydrogen (secondary N) is 1. The van der Waals surface area contributed by atoms with Crippen molar-refractivity contribution < 1.29 is 9.53 Å². The number of rotatable bonds is 6. The van der Waals surface area contributed by atoms with E-state index in [0.717, 1.165) is 12.1 Å². The average Bonchev–Trinajstić information content (AvgIpc) is 2.29. The molecule has 0 aliphatic heterocycles. The van der Waals surface area contributed by atoms with Gasteiger partial charge in [-0.2, -0.15) is 0 Å². The molecule has 17 heavy (non-hydrogen) atoms. The highest BCUT2D eigenvalue weighted by Crippen LogP contribution is 2.03. The number of hydrogen-bond acceptors (Lipinski definition) is 4. The molecule has 1 N–H and O–H groups in total. The molecule has 0 aliphatic carbocycles. The van der Waals surface area contributed by atoms with E-state index in [-0.39, 0.29) is 5.91 Å². The van der Waals surface area contributed by atoms with Crippen molar-refractivity contribution in [3.05, 3.63) is 23.9 Å². The Kier molecular flexibility index (Phi) is 5.59. The molecule has 1 aromatic rings. The topological polar surface area (TPSA) is 54.5 Å². The Labute approximate surface area is 102 Å². The van der Waals surface area contributed by atoms with Crippen molar-refractivity contribution in [1.29, 1.82) is 0 Å². The molecule has 0 bridgehead atoms. The summed E-state index contributed by atoms with van der Waals surface area (Å²) in [6.07, 6.45) is 1.73. The maximum absolute atomic E-state index is 11.6. The van der Waals surface area contributed by atoms with Crippen LogP contribution in [0.25, 0.3) is 0 Å². The molecule has 0 aromatic carbocycles. The first-order valence-electron chi connectivity index (χ1n) is 5.52. The summed E-state index contributed by atoms with van der Waals surface area (Å²) in [6, 6.07) is 3.71. The minimum Gasteiger partial charge on any atom is -0.383 e. The number of aromatic nitrogens is 1. The molecule has 0 radical (unpaired) electrons. The molecule has 0 saturated heterocycles. The SMILES string of the molecule is COCCN(C)CC(=O)Nc1ccc(C)cn1. The highest BCUT2D eigenvalue weighted by Gasteiger charge is 2.06. The standard InChI is InChI=1S/C12H19N3O2/c1-10-4-5-11(13-8-10)14-12(16)9-15(2)6-7-17-3/h4-5,8H,6-7,9H2,1-3H3,(H,13,14,16). The zero-order chi connectivity index (χ0) is 12.7. The number of likely N-dealkylation sites (N-methyl/N-ethyl adjacent to an activating group) is 1. The van der Waals surface area contributed by atoms with E-state index in [1.54, 1.807) is 19.4 Å². The second-order valence-electron chi connectivity index (χ2n) is 4.00. The summed E-state index contributed by atoms with van der Waals surface area (Å²) in [6.45, 7) is 3.63. The molecule has 0 aliphatic rings. The first-order chi connectivity index (χ1) is 8.11. The lowest BCUT2D eigenvalue weighted by molar-refractivity contribution is -0.117. The molecule has 1 rings (SSSR count). The van der Waals surface area contributed by atoms with Crippen LogP contribution in [0.15, 0.2) is 18.3 Å². The van der Waals surface area contributed by atoms with Crippen molar-refractivity contribution in [3.63, 3.8) is 0 Å². The summed E-state index contributed by atoms with van der Waals surface area (Å²) in [5, 5.41) is 2.74. The fourth-order valence-electron chi connectivity index (χ4n) is 1.30. The van der Waals surface area contributed by atoms with Crippen LogP contribution in [-0.4, -0.2) is 49.6 Å². The third-order valence-electron chi connectivity index (χ3n) is 2.27. The Hall–Kier alpha value is -1.46. The van der Waals surface area contributed by atoms with Crippen LogP contribution in [0.3, 0.4) is 0 Å². The summed E-state index contributed by atoms with van der Waals surface area (Å²) in [7, 11) is 3.52. The van der Waals surface area contributed by atoms with Gasteiger partial charge in [-0.1, -0.05) is 6.07 Å². The summed E-state index contributed by atoms with van der Waals surface area (Å²) >= 11 is 0. The molecular weight excluding hydrogens is 218 g/mol. The molecule has 1 heterocycles. The van der Waals surface area contributed by atoms with E-state index in [1.165, 1.54) is 0 Å². The van der Waals surface area contributed by atoms with Gasteiger partial charge in [-0.15, -0.1) is 0 Å². The Bertz CT molecular complexity index is 351. The molecule has 0 atom stereocenters. The zero-order valence-electron chi connectivity index (χ0n) is 10.6. The highest BCUT2D eigenvalue weighted by atomic mass is 16.5. The fourth-order valence-corrected chi connectivity index (χ4v) is 1.30. The average molecular weight is 237 g/mol. The lowest BCUT2D eigenvalue weighted by Gasteiger charge is -2.15. The van der Waals surface area contributed by atoms with E-state index in [4.69, 9.17) is 4.74 Å². The number of hydrogen-bond donors (Lipinski definition) is 1. The van der Waals surface area contributed by atoms with E-state index in [2.05, 4.69) is 10.3 Å². The van der Waals surface area contributed by atoms with Crippen molar-refractivity contribution in [2.24, 2.45) is 0 Å². The van der Waals surface area contributed by atoms with Crippen LogP contribution >= 0.6 is 0 Å². The van der Waals surface area contributed by atoms with Crippen molar-refractivity contribution in [2.75, 3.05) is 39.2 Å². The van der Waals surface area contributed by atoms with Crippen LogP contribution in [0.1, 0.15) is 5.56 Å². The van der Waals surface area contributed by atoms with E-state index in [9.17, 15) is 4.79 Å². The lowest BCUT2D eigenvalue weighted by atomic mass is 10.3. The smallest absolute Gasteiger partial charge is 0.239 e. The molecule has 1 amide bonds. The van der Waals surface area contributed by atoms with Crippen molar-refractivity contribution in [3.8, 4) is 0 Å². The predicted molar refractivity (Wildman–Crippen MR) is 67.0 cm³/mol. The molecule has 0 fully saturated rings. The van der Waals surface area contributed by atoms with Crippen molar-refractivity contribution in [2.45, 2.75) is 6.92 Å². The third-order valence-corrected chi connectivity index (χ3v) is 2.27. The maximum Gasteiger partial charge on any atom is 0.239 e. The van der Waals surface area contributed by atoms with Crippen molar-refractivity contribution in [1.82, 2.24) is 9.88 Å². The van der Waals surface area contributed by atoms with Crippen LogP contribution in [0, 0.1) is 6.92 Å². The maximum atomic E-state index is 11.6. The number of aryl methyl sites for hydroxylation is 1. The van der Waals surface area contributed by atoms with Gasteiger partial charge in [0.25, 0.3) is 0 Å². The largest absolute Gasteiger partial charge is 0.383 e. The number of amides is 1. The Morgan fingerprint density at radius 1 is 1.53 bits per heavy atom. The van der Waals surface area contributed by atoms with Gasteiger partial charge in [-0.25, -0.2) is 4.98 Å². The Morgan fingerprint density at radius 2 is 2.29 bits per heavy atom. The van der Waals surface area contributed by atoms with Crippen LogP contribution in [0.4, 0.5) is 5.82 Å². The van der Waals surface area contributed by atoms with Crippen LogP contribution in [0.2, 0.25) is 0 Å². The lowest BCUT2D eigenvalue weighted by Crippen LogP contribution is -2.32. The Balaban J connectivity index is 2.36.